The Hall–Kier alpha value is -2.83. The number of benzene rings is 1. The molecule has 0 saturated carbocycles. The van der Waals surface area contributed by atoms with E-state index in [1.165, 1.54) is 6.07 Å². The Morgan fingerprint density at radius 1 is 1.17 bits per heavy atom. The number of hydrogen-bond acceptors (Lipinski definition) is 5. The molecule has 2 rings (SSSR count). The zero-order chi connectivity index (χ0) is 16.8. The van der Waals surface area contributed by atoms with Crippen molar-refractivity contribution in [3.8, 4) is 5.75 Å². The SMILES string of the molecule is CCCC(=O)NCCNC(=O)c1c(O)c2ccccc2oc1=O. The van der Waals surface area contributed by atoms with Crippen LogP contribution in [0.2, 0.25) is 0 Å². The van der Waals surface area contributed by atoms with Crippen molar-refractivity contribution in [2.45, 2.75) is 19.8 Å². The zero-order valence-electron chi connectivity index (χ0n) is 12.7. The van der Waals surface area contributed by atoms with E-state index in [0.717, 1.165) is 6.42 Å². The molecule has 0 radical (unpaired) electrons. The van der Waals surface area contributed by atoms with Gasteiger partial charge in [-0.15, -0.1) is 0 Å². The molecule has 122 valence electrons. The van der Waals surface area contributed by atoms with Crippen LogP contribution in [0.15, 0.2) is 33.5 Å². The summed E-state index contributed by atoms with van der Waals surface area (Å²) in [7, 11) is 0. The van der Waals surface area contributed by atoms with Gasteiger partial charge in [0.1, 0.15) is 11.3 Å². The summed E-state index contributed by atoms with van der Waals surface area (Å²) in [5.41, 5.74) is -1.14. The van der Waals surface area contributed by atoms with Crippen molar-refractivity contribution in [2.75, 3.05) is 13.1 Å². The Labute approximate surface area is 132 Å². The fourth-order valence-electron chi connectivity index (χ4n) is 2.12. The van der Waals surface area contributed by atoms with Gasteiger partial charge in [0.2, 0.25) is 5.91 Å². The summed E-state index contributed by atoms with van der Waals surface area (Å²) in [6.45, 7) is 2.27. The Bertz CT molecular complexity index is 782. The molecule has 2 aromatic rings. The van der Waals surface area contributed by atoms with Crippen molar-refractivity contribution < 1.29 is 19.1 Å². The third-order valence-corrected chi connectivity index (χ3v) is 3.22. The Kier molecular flexibility index (Phi) is 5.35. The zero-order valence-corrected chi connectivity index (χ0v) is 12.7. The van der Waals surface area contributed by atoms with E-state index < -0.39 is 22.8 Å². The highest BCUT2D eigenvalue weighted by atomic mass is 16.4. The molecule has 0 unspecified atom stereocenters. The molecule has 0 aliphatic heterocycles. The highest BCUT2D eigenvalue weighted by Gasteiger charge is 2.20. The molecule has 1 aromatic heterocycles. The smallest absolute Gasteiger partial charge is 0.353 e. The van der Waals surface area contributed by atoms with Crippen LogP contribution in [0, 0.1) is 0 Å². The van der Waals surface area contributed by atoms with Gasteiger partial charge in [-0.1, -0.05) is 19.1 Å². The molecule has 1 heterocycles. The summed E-state index contributed by atoms with van der Waals surface area (Å²) in [6, 6.07) is 6.40. The molecule has 3 N–H and O–H groups in total. The lowest BCUT2D eigenvalue weighted by atomic mass is 10.1. The number of amides is 2. The summed E-state index contributed by atoms with van der Waals surface area (Å²) in [5.74, 6) is -1.26. The Morgan fingerprint density at radius 2 is 1.87 bits per heavy atom. The molecule has 7 nitrogen and oxygen atoms in total. The molecular weight excluding hydrogens is 300 g/mol. The van der Waals surface area contributed by atoms with Gasteiger partial charge in [-0.05, 0) is 18.6 Å². The van der Waals surface area contributed by atoms with Crippen molar-refractivity contribution in [1.29, 1.82) is 0 Å². The lowest BCUT2D eigenvalue weighted by Crippen LogP contribution is -2.36. The quantitative estimate of drug-likeness (QED) is 0.547. The van der Waals surface area contributed by atoms with Gasteiger partial charge in [-0.25, -0.2) is 4.79 Å². The lowest BCUT2D eigenvalue weighted by molar-refractivity contribution is -0.121. The first-order valence-electron chi connectivity index (χ1n) is 7.34. The second kappa shape index (κ2) is 7.44. The fourth-order valence-corrected chi connectivity index (χ4v) is 2.12. The minimum Gasteiger partial charge on any atom is -0.506 e. The van der Waals surface area contributed by atoms with Gasteiger partial charge >= 0.3 is 5.63 Å². The average Bonchev–Trinajstić information content (AvgIpc) is 2.52. The first-order valence-corrected chi connectivity index (χ1v) is 7.34. The van der Waals surface area contributed by atoms with Gasteiger partial charge in [-0.2, -0.15) is 0 Å². The van der Waals surface area contributed by atoms with Gasteiger partial charge in [0, 0.05) is 19.5 Å². The maximum absolute atomic E-state index is 12.1. The van der Waals surface area contributed by atoms with Crippen LogP contribution in [0.25, 0.3) is 11.0 Å². The number of carbonyl (C=O) groups is 2. The number of rotatable bonds is 6. The Morgan fingerprint density at radius 3 is 2.61 bits per heavy atom. The average molecular weight is 318 g/mol. The lowest BCUT2D eigenvalue weighted by Gasteiger charge is -2.08. The van der Waals surface area contributed by atoms with E-state index in [0.29, 0.717) is 6.42 Å². The van der Waals surface area contributed by atoms with Crippen molar-refractivity contribution in [1.82, 2.24) is 10.6 Å². The number of aromatic hydroxyl groups is 1. The minimum atomic E-state index is -0.909. The number of para-hydroxylation sites is 1. The van der Waals surface area contributed by atoms with Crippen molar-refractivity contribution in [3.63, 3.8) is 0 Å². The van der Waals surface area contributed by atoms with Crippen LogP contribution in [0.3, 0.4) is 0 Å². The van der Waals surface area contributed by atoms with Crippen molar-refractivity contribution in [2.24, 2.45) is 0 Å². The van der Waals surface area contributed by atoms with Crippen molar-refractivity contribution >= 4 is 22.8 Å². The highest BCUT2D eigenvalue weighted by molar-refractivity contribution is 6.01. The van der Waals surface area contributed by atoms with Crippen LogP contribution in [0.4, 0.5) is 0 Å². The predicted molar refractivity (Wildman–Crippen MR) is 84.4 cm³/mol. The molecule has 0 aliphatic carbocycles. The third-order valence-electron chi connectivity index (χ3n) is 3.22. The largest absolute Gasteiger partial charge is 0.506 e. The second-order valence-electron chi connectivity index (χ2n) is 4.97. The summed E-state index contributed by atoms with van der Waals surface area (Å²) in [5, 5.41) is 15.5. The van der Waals surface area contributed by atoms with Crippen LogP contribution in [0.5, 0.6) is 5.75 Å². The summed E-state index contributed by atoms with van der Waals surface area (Å²) >= 11 is 0. The fraction of sp³-hybridized carbons (Fsp3) is 0.312. The van der Waals surface area contributed by atoms with Gasteiger partial charge in [-0.3, -0.25) is 9.59 Å². The van der Waals surface area contributed by atoms with E-state index >= 15 is 0 Å². The first-order chi connectivity index (χ1) is 11.0. The standard InChI is InChI=1S/C16H18N2O5/c1-2-5-12(19)17-8-9-18-15(21)13-14(20)10-6-3-4-7-11(10)23-16(13)22/h3-4,6-7,20H,2,5,8-9H2,1H3,(H,17,19)(H,18,21). The minimum absolute atomic E-state index is 0.102. The van der Waals surface area contributed by atoms with E-state index in [2.05, 4.69) is 10.6 Å². The molecule has 7 heteroatoms. The molecule has 23 heavy (non-hydrogen) atoms. The monoisotopic (exact) mass is 318 g/mol. The first kappa shape index (κ1) is 16.5. The van der Waals surface area contributed by atoms with E-state index in [9.17, 15) is 19.5 Å². The maximum atomic E-state index is 12.1. The molecule has 0 atom stereocenters. The number of fused-ring (bicyclic) bond motifs is 1. The Balaban J connectivity index is 2.07. The van der Waals surface area contributed by atoms with E-state index in [1.54, 1.807) is 18.2 Å². The predicted octanol–water partition coefficient (Wildman–Crippen LogP) is 1.14. The summed E-state index contributed by atoms with van der Waals surface area (Å²) in [4.78, 5) is 35.2. The number of nitrogens with one attached hydrogen (secondary N) is 2. The molecule has 0 aliphatic rings. The second-order valence-corrected chi connectivity index (χ2v) is 4.97. The molecule has 0 bridgehead atoms. The molecule has 0 saturated heterocycles. The molecular formula is C16H18N2O5. The normalized spacial score (nSPS) is 10.5. The van der Waals surface area contributed by atoms with E-state index in [4.69, 9.17) is 4.42 Å². The maximum Gasteiger partial charge on any atom is 0.353 e. The third kappa shape index (κ3) is 3.88. The van der Waals surface area contributed by atoms with Gasteiger partial charge < -0.3 is 20.2 Å². The van der Waals surface area contributed by atoms with Crippen molar-refractivity contribution in [3.05, 3.63) is 40.2 Å². The van der Waals surface area contributed by atoms with Crippen LogP contribution < -0.4 is 16.3 Å². The van der Waals surface area contributed by atoms with Gasteiger partial charge in [0.15, 0.2) is 5.56 Å². The molecule has 1 aromatic carbocycles. The topological polar surface area (TPSA) is 109 Å². The van der Waals surface area contributed by atoms with Crippen LogP contribution >= 0.6 is 0 Å². The van der Waals surface area contributed by atoms with Crippen LogP contribution in [-0.2, 0) is 4.79 Å². The molecule has 2 amide bonds. The van der Waals surface area contributed by atoms with Crippen LogP contribution in [-0.4, -0.2) is 30.0 Å². The van der Waals surface area contributed by atoms with Gasteiger partial charge in [0.25, 0.3) is 5.91 Å². The van der Waals surface area contributed by atoms with Crippen LogP contribution in [0.1, 0.15) is 30.1 Å². The highest BCUT2D eigenvalue weighted by Crippen LogP contribution is 2.25. The number of hydrogen-bond donors (Lipinski definition) is 3. The number of carbonyl (C=O) groups excluding carboxylic acids is 2. The van der Waals surface area contributed by atoms with E-state index in [1.807, 2.05) is 6.92 Å². The molecule has 0 fully saturated rings. The summed E-state index contributed by atoms with van der Waals surface area (Å²) in [6.07, 6.45) is 1.16. The summed E-state index contributed by atoms with van der Waals surface area (Å²) < 4.78 is 5.03. The van der Waals surface area contributed by atoms with Gasteiger partial charge in [0.05, 0.1) is 5.39 Å². The molecule has 0 spiro atoms. The van der Waals surface area contributed by atoms with E-state index in [-0.39, 0.29) is 30.0 Å².